The van der Waals surface area contributed by atoms with Gasteiger partial charge in [-0.2, -0.15) is 0 Å². The number of carbonyl (C=O) groups excluding carboxylic acids is 3. The molecular formula is C15H21N3O4. The van der Waals surface area contributed by atoms with E-state index in [0.717, 1.165) is 17.7 Å². The molecule has 4 amide bonds. The van der Waals surface area contributed by atoms with Crippen LogP contribution in [-0.4, -0.2) is 35.3 Å². The van der Waals surface area contributed by atoms with Crippen LogP contribution < -0.4 is 10.6 Å². The first-order valence-corrected chi connectivity index (χ1v) is 7.36. The first kappa shape index (κ1) is 16.1. The summed E-state index contributed by atoms with van der Waals surface area (Å²) in [6.45, 7) is 5.17. The van der Waals surface area contributed by atoms with Gasteiger partial charge in [-0.15, -0.1) is 0 Å². The monoisotopic (exact) mass is 307 g/mol. The van der Waals surface area contributed by atoms with Gasteiger partial charge in [-0.3, -0.25) is 14.5 Å². The van der Waals surface area contributed by atoms with Gasteiger partial charge in [0.25, 0.3) is 5.91 Å². The maximum Gasteiger partial charge on any atom is 0.325 e. The van der Waals surface area contributed by atoms with Crippen LogP contribution in [0.25, 0.3) is 0 Å². The van der Waals surface area contributed by atoms with Gasteiger partial charge in [-0.1, -0.05) is 13.3 Å². The zero-order chi connectivity index (χ0) is 16.3. The minimum atomic E-state index is -1.27. The maximum absolute atomic E-state index is 12.5. The van der Waals surface area contributed by atoms with Crippen molar-refractivity contribution in [1.82, 2.24) is 15.5 Å². The molecule has 0 spiro atoms. The summed E-state index contributed by atoms with van der Waals surface area (Å²) in [5.74, 6) is -0.507. The van der Waals surface area contributed by atoms with Gasteiger partial charge in [-0.05, 0) is 32.4 Å². The number of urea groups is 1. The summed E-state index contributed by atoms with van der Waals surface area (Å²) < 4.78 is 5.23. The van der Waals surface area contributed by atoms with E-state index in [-0.39, 0.29) is 18.5 Å². The second-order valence-corrected chi connectivity index (χ2v) is 5.68. The molecule has 0 aliphatic carbocycles. The van der Waals surface area contributed by atoms with Gasteiger partial charge in [0, 0.05) is 6.04 Å². The molecule has 2 N–H and O–H groups in total. The van der Waals surface area contributed by atoms with Crippen LogP contribution in [0.2, 0.25) is 0 Å². The van der Waals surface area contributed by atoms with Gasteiger partial charge in [0.15, 0.2) is 5.54 Å². The topological polar surface area (TPSA) is 91.7 Å². The maximum atomic E-state index is 12.5. The molecule has 0 saturated carbocycles. The van der Waals surface area contributed by atoms with Crippen molar-refractivity contribution in [2.24, 2.45) is 0 Å². The fraction of sp³-hybridized carbons (Fsp3) is 0.533. The third-order valence-corrected chi connectivity index (χ3v) is 3.72. The van der Waals surface area contributed by atoms with E-state index < -0.39 is 17.5 Å². The molecule has 120 valence electrons. The quantitative estimate of drug-likeness (QED) is 0.776. The molecule has 22 heavy (non-hydrogen) atoms. The fourth-order valence-electron chi connectivity index (χ4n) is 2.54. The van der Waals surface area contributed by atoms with Crippen molar-refractivity contribution in [3.63, 3.8) is 0 Å². The second-order valence-electron chi connectivity index (χ2n) is 5.68. The summed E-state index contributed by atoms with van der Waals surface area (Å²) in [6, 6.07) is 2.67. The Morgan fingerprint density at radius 1 is 1.50 bits per heavy atom. The minimum Gasteiger partial charge on any atom is -0.466 e. The Kier molecular flexibility index (Phi) is 4.54. The van der Waals surface area contributed by atoms with Crippen molar-refractivity contribution in [2.45, 2.75) is 45.2 Å². The van der Waals surface area contributed by atoms with E-state index in [9.17, 15) is 14.4 Å². The highest BCUT2D eigenvalue weighted by Crippen LogP contribution is 2.28. The van der Waals surface area contributed by atoms with Crippen molar-refractivity contribution in [3.05, 3.63) is 24.2 Å². The number of hydrogen-bond donors (Lipinski definition) is 2. The molecule has 1 aliphatic heterocycles. The molecule has 2 rings (SSSR count). The predicted octanol–water partition coefficient (Wildman–Crippen LogP) is 1.35. The molecule has 2 atom stereocenters. The van der Waals surface area contributed by atoms with E-state index in [2.05, 4.69) is 10.6 Å². The fourth-order valence-corrected chi connectivity index (χ4v) is 2.54. The lowest BCUT2D eigenvalue weighted by molar-refractivity contribution is -0.135. The zero-order valence-corrected chi connectivity index (χ0v) is 13.0. The van der Waals surface area contributed by atoms with E-state index in [0.29, 0.717) is 5.76 Å². The van der Waals surface area contributed by atoms with Crippen LogP contribution in [0.4, 0.5) is 4.79 Å². The number of imide groups is 1. The molecule has 7 nitrogen and oxygen atoms in total. The van der Waals surface area contributed by atoms with E-state index in [1.165, 1.54) is 6.26 Å². The van der Waals surface area contributed by atoms with Gasteiger partial charge in [-0.25, -0.2) is 4.79 Å². The molecule has 0 aromatic carbocycles. The number of furan rings is 1. The molecule has 1 saturated heterocycles. The number of nitrogens with zero attached hydrogens (tertiary/aromatic N) is 1. The molecule has 1 aromatic heterocycles. The largest absolute Gasteiger partial charge is 0.466 e. The van der Waals surface area contributed by atoms with Gasteiger partial charge in [0.1, 0.15) is 12.3 Å². The normalized spacial score (nSPS) is 22.6. The summed E-state index contributed by atoms with van der Waals surface area (Å²) in [7, 11) is 0. The van der Waals surface area contributed by atoms with Crippen LogP contribution in [0.5, 0.6) is 0 Å². The molecule has 0 unspecified atom stereocenters. The number of amides is 4. The van der Waals surface area contributed by atoms with Crippen molar-refractivity contribution in [2.75, 3.05) is 6.54 Å². The third kappa shape index (κ3) is 2.98. The molecule has 1 aromatic rings. The standard InChI is InChI=1S/C15H21N3O4/c1-4-6-10(2)16-12(19)9-18-13(20)15(3,17-14(18)21)11-7-5-8-22-11/h5,7-8,10H,4,6,9H2,1-3H3,(H,16,19)(H,17,21)/t10-,15+/m0/s1. The molecule has 0 radical (unpaired) electrons. The van der Waals surface area contributed by atoms with Gasteiger partial charge >= 0.3 is 6.03 Å². The molecule has 0 bridgehead atoms. The Morgan fingerprint density at radius 3 is 2.82 bits per heavy atom. The van der Waals surface area contributed by atoms with Crippen LogP contribution in [0.1, 0.15) is 39.4 Å². The van der Waals surface area contributed by atoms with Crippen LogP contribution in [0.15, 0.2) is 22.8 Å². The third-order valence-electron chi connectivity index (χ3n) is 3.72. The first-order chi connectivity index (χ1) is 10.4. The summed E-state index contributed by atoms with van der Waals surface area (Å²) in [6.07, 6.45) is 3.22. The van der Waals surface area contributed by atoms with Gasteiger partial charge in [0.2, 0.25) is 5.91 Å². The molecule has 7 heteroatoms. The van der Waals surface area contributed by atoms with E-state index in [1.54, 1.807) is 19.1 Å². The lowest BCUT2D eigenvalue weighted by Crippen LogP contribution is -2.44. The Bertz CT molecular complexity index is 569. The Morgan fingerprint density at radius 2 is 2.23 bits per heavy atom. The van der Waals surface area contributed by atoms with Crippen molar-refractivity contribution in [1.29, 1.82) is 0 Å². The number of rotatable bonds is 6. The second kappa shape index (κ2) is 6.21. The lowest BCUT2D eigenvalue weighted by atomic mass is 9.99. The molecule has 1 aliphatic rings. The average molecular weight is 307 g/mol. The smallest absolute Gasteiger partial charge is 0.325 e. The average Bonchev–Trinajstić information content (AvgIpc) is 3.04. The summed E-state index contributed by atoms with van der Waals surface area (Å²) in [5.41, 5.74) is -1.27. The van der Waals surface area contributed by atoms with Gasteiger partial charge < -0.3 is 15.1 Å². The zero-order valence-electron chi connectivity index (χ0n) is 13.0. The van der Waals surface area contributed by atoms with Crippen molar-refractivity contribution >= 4 is 17.8 Å². The highest BCUT2D eigenvalue weighted by atomic mass is 16.3. The van der Waals surface area contributed by atoms with Crippen molar-refractivity contribution in [3.8, 4) is 0 Å². The highest BCUT2D eigenvalue weighted by molar-refractivity contribution is 6.08. The summed E-state index contributed by atoms with van der Waals surface area (Å²) in [5, 5.41) is 5.35. The predicted molar refractivity (Wildman–Crippen MR) is 78.8 cm³/mol. The van der Waals surface area contributed by atoms with Crippen molar-refractivity contribution < 1.29 is 18.8 Å². The molecular weight excluding hydrogens is 286 g/mol. The molecule has 1 fully saturated rings. The Hall–Kier alpha value is -2.31. The Labute approximate surface area is 129 Å². The Balaban J connectivity index is 2.05. The van der Waals surface area contributed by atoms with E-state index >= 15 is 0 Å². The molecule has 2 heterocycles. The number of carbonyl (C=O) groups is 3. The van der Waals surface area contributed by atoms with Crippen LogP contribution in [-0.2, 0) is 15.1 Å². The first-order valence-electron chi connectivity index (χ1n) is 7.36. The summed E-state index contributed by atoms with van der Waals surface area (Å²) >= 11 is 0. The SMILES string of the molecule is CCC[C@H](C)NC(=O)CN1C(=O)N[C@](C)(c2ccco2)C1=O. The van der Waals surface area contributed by atoms with Gasteiger partial charge in [0.05, 0.1) is 6.26 Å². The summed E-state index contributed by atoms with van der Waals surface area (Å²) in [4.78, 5) is 37.4. The lowest BCUT2D eigenvalue weighted by Gasteiger charge is -2.19. The van der Waals surface area contributed by atoms with E-state index in [4.69, 9.17) is 4.42 Å². The number of nitrogens with one attached hydrogen (secondary N) is 2. The van der Waals surface area contributed by atoms with Crippen LogP contribution >= 0.6 is 0 Å². The highest BCUT2D eigenvalue weighted by Gasteiger charge is 2.51. The minimum absolute atomic E-state index is 0.00900. The van der Waals surface area contributed by atoms with Crippen LogP contribution in [0, 0.1) is 0 Å². The number of hydrogen-bond acceptors (Lipinski definition) is 4. The van der Waals surface area contributed by atoms with Crippen LogP contribution in [0.3, 0.4) is 0 Å². The van der Waals surface area contributed by atoms with E-state index in [1.807, 2.05) is 13.8 Å².